The third-order valence-electron chi connectivity index (χ3n) is 5.64. The highest BCUT2D eigenvalue weighted by Gasteiger charge is 2.44. The van der Waals surface area contributed by atoms with Crippen LogP contribution >= 0.6 is 13.5 Å². The molecule has 0 aliphatic carbocycles. The van der Waals surface area contributed by atoms with Gasteiger partial charge in [-0.25, -0.2) is 4.79 Å². The molecular weight excluding hydrogens is 396 g/mol. The number of aliphatic carboxylic acids is 1. The summed E-state index contributed by atoms with van der Waals surface area (Å²) in [7, 11) is 0. The standard InChI is InChI=1S/C20H34N2O6.H2S/c1-5-20(8-11-27-12-9-20)17(25)22(14-16(23)24)15-7-6-10-21(13-15)18(26)28-19(2,3)4;/h15H,5-14H2,1-4H3,(H,23,24);1H2/t15-;/m0./s1. The van der Waals surface area contributed by atoms with Gasteiger partial charge in [0.25, 0.3) is 0 Å². The largest absolute Gasteiger partial charge is 0.480 e. The summed E-state index contributed by atoms with van der Waals surface area (Å²) in [5, 5.41) is 9.42. The van der Waals surface area contributed by atoms with Gasteiger partial charge in [-0.3, -0.25) is 9.59 Å². The fraction of sp³-hybridized carbons (Fsp3) is 0.850. The van der Waals surface area contributed by atoms with E-state index in [4.69, 9.17) is 9.47 Å². The third-order valence-corrected chi connectivity index (χ3v) is 5.64. The van der Waals surface area contributed by atoms with Gasteiger partial charge in [-0.2, -0.15) is 13.5 Å². The molecule has 0 aromatic carbocycles. The summed E-state index contributed by atoms with van der Waals surface area (Å²) in [5.41, 5.74) is -1.18. The van der Waals surface area contributed by atoms with E-state index in [0.717, 1.165) is 0 Å². The maximum atomic E-state index is 13.5. The number of likely N-dealkylation sites (tertiary alicyclic amines) is 1. The number of carbonyl (C=O) groups excluding carboxylic acids is 2. The molecule has 2 fully saturated rings. The summed E-state index contributed by atoms with van der Waals surface area (Å²) in [6.45, 7) is 8.90. The van der Waals surface area contributed by atoms with Crippen LogP contribution in [0.3, 0.4) is 0 Å². The zero-order valence-corrected chi connectivity index (χ0v) is 19.0. The van der Waals surface area contributed by atoms with Crippen molar-refractivity contribution in [3.63, 3.8) is 0 Å². The van der Waals surface area contributed by atoms with Gasteiger partial charge in [0.1, 0.15) is 12.1 Å². The molecule has 29 heavy (non-hydrogen) atoms. The first-order valence-electron chi connectivity index (χ1n) is 10.2. The molecule has 0 radical (unpaired) electrons. The van der Waals surface area contributed by atoms with Gasteiger partial charge in [0.2, 0.25) is 5.91 Å². The molecule has 2 aliphatic heterocycles. The smallest absolute Gasteiger partial charge is 0.410 e. The first kappa shape index (κ1) is 25.6. The average molecular weight is 433 g/mol. The topological polar surface area (TPSA) is 96.4 Å². The molecule has 9 heteroatoms. The van der Waals surface area contributed by atoms with E-state index in [1.165, 1.54) is 4.90 Å². The molecule has 2 amide bonds. The minimum absolute atomic E-state index is 0. The summed E-state index contributed by atoms with van der Waals surface area (Å²) in [4.78, 5) is 40.5. The second-order valence-electron chi connectivity index (χ2n) is 8.80. The van der Waals surface area contributed by atoms with Crippen molar-refractivity contribution in [2.75, 3.05) is 32.8 Å². The van der Waals surface area contributed by atoms with Crippen LogP contribution in [0.25, 0.3) is 0 Å². The Bertz CT molecular complexity index is 586. The number of carboxylic acids is 1. The van der Waals surface area contributed by atoms with Crippen molar-refractivity contribution in [3.05, 3.63) is 0 Å². The highest BCUT2D eigenvalue weighted by atomic mass is 32.1. The lowest BCUT2D eigenvalue weighted by Crippen LogP contribution is -2.57. The first-order valence-corrected chi connectivity index (χ1v) is 10.2. The molecule has 1 atom stereocenters. The normalized spacial score (nSPS) is 21.7. The maximum absolute atomic E-state index is 13.5. The molecule has 2 heterocycles. The van der Waals surface area contributed by atoms with Gasteiger partial charge in [0.05, 0.1) is 11.5 Å². The highest BCUT2D eigenvalue weighted by Crippen LogP contribution is 2.37. The Morgan fingerprint density at radius 2 is 1.86 bits per heavy atom. The molecule has 0 aromatic rings. The van der Waals surface area contributed by atoms with Crippen LogP contribution in [0.1, 0.15) is 59.8 Å². The van der Waals surface area contributed by atoms with Crippen LogP contribution in [0.15, 0.2) is 0 Å². The molecule has 168 valence electrons. The monoisotopic (exact) mass is 432 g/mol. The van der Waals surface area contributed by atoms with Crippen molar-refractivity contribution < 1.29 is 29.0 Å². The second kappa shape index (κ2) is 10.5. The van der Waals surface area contributed by atoms with Crippen LogP contribution < -0.4 is 0 Å². The van der Waals surface area contributed by atoms with Crippen LogP contribution in [-0.4, -0.2) is 77.4 Å². The Kier molecular flexibility index (Phi) is 9.27. The van der Waals surface area contributed by atoms with Gasteiger partial charge in [-0.05, 0) is 52.9 Å². The molecule has 8 nitrogen and oxygen atoms in total. The summed E-state index contributed by atoms with van der Waals surface area (Å²) in [6.07, 6.45) is 2.80. The van der Waals surface area contributed by atoms with Crippen molar-refractivity contribution in [3.8, 4) is 0 Å². The summed E-state index contributed by atoms with van der Waals surface area (Å²) >= 11 is 0. The minimum Gasteiger partial charge on any atom is -0.480 e. The molecule has 0 saturated carbocycles. The fourth-order valence-corrected chi connectivity index (χ4v) is 4.00. The van der Waals surface area contributed by atoms with E-state index in [0.29, 0.717) is 58.4 Å². The van der Waals surface area contributed by atoms with Crippen LogP contribution in [-0.2, 0) is 19.1 Å². The molecule has 2 saturated heterocycles. The summed E-state index contributed by atoms with van der Waals surface area (Å²) in [5.74, 6) is -1.17. The van der Waals surface area contributed by atoms with E-state index in [9.17, 15) is 19.5 Å². The SMILES string of the molecule is CCC1(C(=O)N(CC(=O)O)[C@H]2CCCN(C(=O)OC(C)(C)C)C2)CCOCC1.S. The van der Waals surface area contributed by atoms with E-state index in [2.05, 4.69) is 0 Å². The molecular formula is C20H36N2O6S. The van der Waals surface area contributed by atoms with Crippen molar-refractivity contribution in [2.24, 2.45) is 5.41 Å². The van der Waals surface area contributed by atoms with E-state index in [1.54, 1.807) is 4.90 Å². The summed E-state index contributed by atoms with van der Waals surface area (Å²) < 4.78 is 10.9. The lowest BCUT2D eigenvalue weighted by atomic mass is 9.76. The number of carboxylic acid groups (broad SMARTS) is 1. The van der Waals surface area contributed by atoms with E-state index in [-0.39, 0.29) is 32.0 Å². The zero-order chi connectivity index (χ0) is 20.9. The van der Waals surface area contributed by atoms with Gasteiger partial charge < -0.3 is 24.4 Å². The van der Waals surface area contributed by atoms with Gasteiger partial charge in [0.15, 0.2) is 0 Å². The van der Waals surface area contributed by atoms with Crippen LogP contribution in [0.2, 0.25) is 0 Å². The van der Waals surface area contributed by atoms with Gasteiger partial charge >= 0.3 is 12.1 Å². The Morgan fingerprint density at radius 1 is 1.24 bits per heavy atom. The zero-order valence-electron chi connectivity index (χ0n) is 18.0. The van der Waals surface area contributed by atoms with Crippen molar-refractivity contribution in [1.82, 2.24) is 9.80 Å². The molecule has 0 spiro atoms. The van der Waals surface area contributed by atoms with Crippen LogP contribution in [0, 0.1) is 5.41 Å². The van der Waals surface area contributed by atoms with Gasteiger partial charge in [0, 0.05) is 26.3 Å². The Morgan fingerprint density at radius 3 is 2.38 bits per heavy atom. The Balaban J connectivity index is 0.00000420. The molecule has 0 aromatic heterocycles. The molecule has 0 unspecified atom stereocenters. The Hall–Kier alpha value is -1.48. The predicted molar refractivity (Wildman–Crippen MR) is 113 cm³/mol. The van der Waals surface area contributed by atoms with E-state index < -0.39 is 23.1 Å². The Labute approximate surface area is 180 Å². The number of hydrogen-bond acceptors (Lipinski definition) is 5. The van der Waals surface area contributed by atoms with Crippen molar-refractivity contribution in [1.29, 1.82) is 0 Å². The molecule has 1 N–H and O–H groups in total. The van der Waals surface area contributed by atoms with Gasteiger partial charge in [-0.1, -0.05) is 6.92 Å². The first-order chi connectivity index (χ1) is 13.1. The van der Waals surface area contributed by atoms with E-state index in [1.807, 2.05) is 27.7 Å². The number of rotatable bonds is 5. The number of piperidine rings is 1. The van der Waals surface area contributed by atoms with E-state index >= 15 is 0 Å². The lowest BCUT2D eigenvalue weighted by molar-refractivity contribution is -0.157. The van der Waals surface area contributed by atoms with Crippen molar-refractivity contribution >= 4 is 31.5 Å². The predicted octanol–water partition coefficient (Wildman–Crippen LogP) is 2.62. The minimum atomic E-state index is -1.04. The molecule has 0 bridgehead atoms. The number of hydrogen-bond donors (Lipinski definition) is 1. The van der Waals surface area contributed by atoms with Crippen LogP contribution in [0.4, 0.5) is 4.79 Å². The van der Waals surface area contributed by atoms with Crippen LogP contribution in [0.5, 0.6) is 0 Å². The number of nitrogens with zero attached hydrogens (tertiary/aromatic N) is 2. The summed E-state index contributed by atoms with van der Waals surface area (Å²) in [6, 6.07) is -0.323. The second-order valence-corrected chi connectivity index (χ2v) is 8.80. The lowest BCUT2D eigenvalue weighted by Gasteiger charge is -2.44. The fourth-order valence-electron chi connectivity index (χ4n) is 4.00. The molecule has 2 aliphatic rings. The number of ether oxygens (including phenoxy) is 2. The number of amides is 2. The van der Waals surface area contributed by atoms with Crippen molar-refractivity contribution in [2.45, 2.75) is 71.4 Å². The number of carbonyl (C=O) groups is 3. The van der Waals surface area contributed by atoms with Gasteiger partial charge in [-0.15, -0.1) is 0 Å². The quantitative estimate of drug-likeness (QED) is 0.717. The maximum Gasteiger partial charge on any atom is 0.410 e. The highest BCUT2D eigenvalue weighted by molar-refractivity contribution is 7.59. The average Bonchev–Trinajstić information content (AvgIpc) is 2.64. The molecule has 2 rings (SSSR count). The third kappa shape index (κ3) is 6.77.